The minimum atomic E-state index is -0.0357. The number of nitrogens with zero attached hydrogens (tertiary/aromatic N) is 1. The molecule has 1 atom stereocenters. The van der Waals surface area contributed by atoms with E-state index in [1.54, 1.807) is 7.05 Å². The lowest BCUT2D eigenvalue weighted by Gasteiger charge is -2.15. The first kappa shape index (κ1) is 17.3. The van der Waals surface area contributed by atoms with Gasteiger partial charge >= 0.3 is 0 Å². The molecule has 0 saturated carbocycles. The van der Waals surface area contributed by atoms with Crippen LogP contribution in [0.25, 0.3) is 0 Å². The lowest BCUT2D eigenvalue weighted by Crippen LogP contribution is -2.42. The Bertz CT molecular complexity index is 499. The normalized spacial score (nSPS) is 17.8. The molecule has 126 valence electrons. The van der Waals surface area contributed by atoms with Gasteiger partial charge in [0, 0.05) is 38.9 Å². The van der Waals surface area contributed by atoms with Gasteiger partial charge in [-0.1, -0.05) is 18.2 Å². The first-order valence-electron chi connectivity index (χ1n) is 8.19. The molecule has 0 bridgehead atoms. The molecule has 6 nitrogen and oxygen atoms in total. The third-order valence-corrected chi connectivity index (χ3v) is 3.71. The second-order valence-corrected chi connectivity index (χ2v) is 5.49. The fraction of sp³-hybridized carbons (Fsp3) is 0.529. The number of carbonyl (C=O) groups excluding carboxylic acids is 1. The molecule has 3 N–H and O–H groups in total. The average molecular weight is 318 g/mol. The van der Waals surface area contributed by atoms with E-state index in [1.807, 2.05) is 30.3 Å². The summed E-state index contributed by atoms with van der Waals surface area (Å²) in [6.45, 7) is 3.02. The molecule has 1 aliphatic rings. The van der Waals surface area contributed by atoms with Crippen LogP contribution in [-0.4, -0.2) is 51.3 Å². The molecule has 1 aliphatic heterocycles. The van der Waals surface area contributed by atoms with Gasteiger partial charge in [0.15, 0.2) is 5.96 Å². The van der Waals surface area contributed by atoms with E-state index in [1.165, 1.54) is 0 Å². The zero-order valence-corrected chi connectivity index (χ0v) is 13.7. The van der Waals surface area contributed by atoms with E-state index < -0.39 is 0 Å². The first-order valence-corrected chi connectivity index (χ1v) is 8.19. The Morgan fingerprint density at radius 2 is 2.00 bits per heavy atom. The van der Waals surface area contributed by atoms with Gasteiger partial charge in [-0.3, -0.25) is 9.79 Å². The number of amides is 1. The molecule has 23 heavy (non-hydrogen) atoms. The van der Waals surface area contributed by atoms with Gasteiger partial charge in [0.25, 0.3) is 5.91 Å². The Hall–Kier alpha value is -2.08. The van der Waals surface area contributed by atoms with Gasteiger partial charge in [0.05, 0.1) is 6.10 Å². The van der Waals surface area contributed by atoms with E-state index in [0.29, 0.717) is 18.2 Å². The van der Waals surface area contributed by atoms with Gasteiger partial charge in [-0.25, -0.2) is 0 Å². The van der Waals surface area contributed by atoms with Gasteiger partial charge in [-0.05, 0) is 31.4 Å². The number of nitrogens with one attached hydrogen (secondary N) is 3. The maximum Gasteiger partial charge on any atom is 0.251 e. The number of aliphatic imine (C=N–C) groups is 1. The number of benzene rings is 1. The fourth-order valence-corrected chi connectivity index (χ4v) is 2.43. The summed E-state index contributed by atoms with van der Waals surface area (Å²) in [5.41, 5.74) is 0.689. The number of guanidine groups is 1. The Kier molecular flexibility index (Phi) is 7.39. The minimum absolute atomic E-state index is 0.0357. The molecule has 0 radical (unpaired) electrons. The van der Waals surface area contributed by atoms with E-state index in [9.17, 15) is 4.79 Å². The maximum atomic E-state index is 11.9. The van der Waals surface area contributed by atoms with Crippen LogP contribution in [-0.2, 0) is 4.74 Å². The molecule has 1 saturated heterocycles. The lowest BCUT2D eigenvalue weighted by molar-refractivity contribution is 0.0953. The van der Waals surface area contributed by atoms with E-state index in [2.05, 4.69) is 20.9 Å². The highest BCUT2D eigenvalue weighted by atomic mass is 16.5. The van der Waals surface area contributed by atoms with Crippen molar-refractivity contribution in [3.63, 3.8) is 0 Å². The summed E-state index contributed by atoms with van der Waals surface area (Å²) in [6, 6.07) is 9.24. The zero-order valence-electron chi connectivity index (χ0n) is 13.7. The monoisotopic (exact) mass is 318 g/mol. The van der Waals surface area contributed by atoms with E-state index in [4.69, 9.17) is 4.74 Å². The van der Waals surface area contributed by atoms with Gasteiger partial charge in [0.1, 0.15) is 0 Å². The molecule has 0 aromatic heterocycles. The zero-order chi connectivity index (χ0) is 16.3. The van der Waals surface area contributed by atoms with Crippen LogP contribution in [0.15, 0.2) is 35.3 Å². The van der Waals surface area contributed by atoms with Gasteiger partial charge in [0.2, 0.25) is 0 Å². The third-order valence-electron chi connectivity index (χ3n) is 3.71. The second-order valence-electron chi connectivity index (χ2n) is 5.49. The van der Waals surface area contributed by atoms with Gasteiger partial charge < -0.3 is 20.7 Å². The van der Waals surface area contributed by atoms with Crippen LogP contribution in [0.2, 0.25) is 0 Å². The largest absolute Gasteiger partial charge is 0.376 e. The van der Waals surface area contributed by atoms with Crippen molar-refractivity contribution in [3.8, 4) is 0 Å². The lowest BCUT2D eigenvalue weighted by atomic mass is 10.2. The van der Waals surface area contributed by atoms with Crippen molar-refractivity contribution in [2.24, 2.45) is 4.99 Å². The Balaban J connectivity index is 1.56. The van der Waals surface area contributed by atoms with Crippen LogP contribution < -0.4 is 16.0 Å². The predicted octanol–water partition coefficient (Wildman–Crippen LogP) is 1.15. The molecule has 1 heterocycles. The van der Waals surface area contributed by atoms with Crippen LogP contribution in [0.1, 0.15) is 29.6 Å². The molecule has 6 heteroatoms. The molecular formula is C17H26N4O2. The molecule has 0 aliphatic carbocycles. The molecule has 1 unspecified atom stereocenters. The number of rotatable bonds is 7. The predicted molar refractivity (Wildman–Crippen MR) is 91.7 cm³/mol. The summed E-state index contributed by atoms with van der Waals surface area (Å²) in [5.74, 6) is 0.737. The van der Waals surface area contributed by atoms with Crippen LogP contribution in [0, 0.1) is 0 Å². The molecule has 2 rings (SSSR count). The molecule has 1 aromatic carbocycles. The van der Waals surface area contributed by atoms with Crippen molar-refractivity contribution in [1.82, 2.24) is 16.0 Å². The van der Waals surface area contributed by atoms with E-state index >= 15 is 0 Å². The number of ether oxygens (including phenoxy) is 1. The van der Waals surface area contributed by atoms with Crippen LogP contribution in [0.3, 0.4) is 0 Å². The van der Waals surface area contributed by atoms with Gasteiger partial charge in [-0.15, -0.1) is 0 Å². The number of carbonyl (C=O) groups is 1. The van der Waals surface area contributed by atoms with Crippen molar-refractivity contribution >= 4 is 11.9 Å². The standard InChI is InChI=1S/C17H26N4O2/c1-18-17(21-13-15-9-5-12-23-15)20-11-6-10-19-16(22)14-7-3-2-4-8-14/h2-4,7-8,15H,5-6,9-13H2,1H3,(H,19,22)(H2,18,20,21). The Labute approximate surface area is 137 Å². The Morgan fingerprint density at radius 3 is 2.70 bits per heavy atom. The first-order chi connectivity index (χ1) is 11.3. The maximum absolute atomic E-state index is 11.9. The molecule has 1 amide bonds. The van der Waals surface area contributed by atoms with Crippen molar-refractivity contribution in [2.45, 2.75) is 25.4 Å². The topological polar surface area (TPSA) is 74.8 Å². The highest BCUT2D eigenvalue weighted by Gasteiger charge is 2.15. The second kappa shape index (κ2) is 9.84. The molecular weight excluding hydrogens is 292 g/mol. The number of hydrogen-bond acceptors (Lipinski definition) is 3. The third kappa shape index (κ3) is 6.28. The quantitative estimate of drug-likeness (QED) is 0.400. The van der Waals surface area contributed by atoms with Crippen molar-refractivity contribution in [2.75, 3.05) is 33.3 Å². The summed E-state index contributed by atoms with van der Waals surface area (Å²) in [6.07, 6.45) is 3.37. The average Bonchev–Trinajstić information content (AvgIpc) is 3.11. The molecule has 1 aromatic rings. The summed E-state index contributed by atoms with van der Waals surface area (Å²) >= 11 is 0. The summed E-state index contributed by atoms with van der Waals surface area (Å²) < 4.78 is 5.57. The van der Waals surface area contributed by atoms with Crippen LogP contribution in [0.4, 0.5) is 0 Å². The Morgan fingerprint density at radius 1 is 1.22 bits per heavy atom. The molecule has 1 fully saturated rings. The molecule has 0 spiro atoms. The van der Waals surface area contributed by atoms with Crippen LogP contribution in [0.5, 0.6) is 0 Å². The SMILES string of the molecule is CN=C(NCCCNC(=O)c1ccccc1)NCC1CCCO1. The van der Waals surface area contributed by atoms with Crippen molar-refractivity contribution in [3.05, 3.63) is 35.9 Å². The highest BCUT2D eigenvalue weighted by molar-refractivity contribution is 5.94. The summed E-state index contributed by atoms with van der Waals surface area (Å²) in [7, 11) is 1.75. The highest BCUT2D eigenvalue weighted by Crippen LogP contribution is 2.10. The minimum Gasteiger partial charge on any atom is -0.376 e. The van der Waals surface area contributed by atoms with E-state index in [-0.39, 0.29) is 5.91 Å². The van der Waals surface area contributed by atoms with Crippen molar-refractivity contribution < 1.29 is 9.53 Å². The fourth-order valence-electron chi connectivity index (χ4n) is 2.43. The van der Waals surface area contributed by atoms with Crippen LogP contribution >= 0.6 is 0 Å². The smallest absolute Gasteiger partial charge is 0.251 e. The van der Waals surface area contributed by atoms with E-state index in [0.717, 1.165) is 44.9 Å². The summed E-state index contributed by atoms with van der Waals surface area (Å²) in [4.78, 5) is 16.0. The summed E-state index contributed by atoms with van der Waals surface area (Å²) in [5, 5.41) is 9.41. The van der Waals surface area contributed by atoms with Gasteiger partial charge in [-0.2, -0.15) is 0 Å². The van der Waals surface area contributed by atoms with Crippen molar-refractivity contribution in [1.29, 1.82) is 0 Å². The number of hydrogen-bond donors (Lipinski definition) is 3.